The van der Waals surface area contributed by atoms with Crippen molar-refractivity contribution in [1.29, 1.82) is 0 Å². The zero-order chi connectivity index (χ0) is 22.0. The predicted molar refractivity (Wildman–Crippen MR) is 114 cm³/mol. The van der Waals surface area contributed by atoms with Gasteiger partial charge in [0.1, 0.15) is 11.1 Å². The first-order chi connectivity index (χ1) is 14.9. The topological polar surface area (TPSA) is 115 Å². The normalized spacial score (nSPS) is 11.5. The summed E-state index contributed by atoms with van der Waals surface area (Å²) in [5, 5.41) is 24.6. The lowest BCUT2D eigenvalue weighted by Crippen LogP contribution is -2.21. The molecule has 2 N–H and O–H groups in total. The first kappa shape index (κ1) is 20.2. The minimum absolute atomic E-state index is 0.0207. The Labute approximate surface area is 180 Å². The Bertz CT molecular complexity index is 1360. The van der Waals surface area contributed by atoms with Crippen LogP contribution in [-0.4, -0.2) is 17.0 Å². The molecule has 8 heteroatoms. The van der Waals surface area contributed by atoms with E-state index in [0.717, 1.165) is 0 Å². The Kier molecular flexibility index (Phi) is 5.43. The molecule has 0 aliphatic carbocycles. The summed E-state index contributed by atoms with van der Waals surface area (Å²) in [7, 11) is 0. The number of rotatable bonds is 4. The molecule has 7 nitrogen and oxygen atoms in total. The van der Waals surface area contributed by atoms with Gasteiger partial charge in [-0.3, -0.25) is 4.79 Å². The average Bonchev–Trinajstić information content (AvgIpc) is 2.75. The maximum atomic E-state index is 13.0. The van der Waals surface area contributed by atoms with Gasteiger partial charge in [0, 0.05) is 16.1 Å². The van der Waals surface area contributed by atoms with Crippen LogP contribution in [0.5, 0.6) is 5.75 Å². The number of carboxylic acids is 1. The van der Waals surface area contributed by atoms with Crippen LogP contribution in [0.4, 0.5) is 11.4 Å². The van der Waals surface area contributed by atoms with Gasteiger partial charge in [0.15, 0.2) is 0 Å². The maximum Gasteiger partial charge on any atom is 0.335 e. The summed E-state index contributed by atoms with van der Waals surface area (Å²) < 4.78 is 5.77. The van der Waals surface area contributed by atoms with Gasteiger partial charge in [0.25, 0.3) is 5.91 Å². The standard InChI is InChI=1S/C23H15ClN2O5/c24-15-4-8-16(9-5-15)25-21(28)19-11-14-3-10-18(27)12-20(14)31-22(19)26-17-6-1-13(2-7-17)23(29)30/h1-12,27H,(H,25,28)(H,29,30)/p-1. The number of carboxylic acid groups (broad SMARTS) is 1. The third-order valence-electron chi connectivity index (χ3n) is 4.41. The maximum absolute atomic E-state index is 13.0. The molecular weight excluding hydrogens is 420 g/mol. The molecular formula is C23H14ClN2O5-. The second-order valence-electron chi connectivity index (χ2n) is 6.59. The molecule has 0 radical (unpaired) electrons. The molecule has 0 spiro atoms. The van der Waals surface area contributed by atoms with Gasteiger partial charge in [0.2, 0.25) is 5.55 Å². The third kappa shape index (κ3) is 4.57. The van der Waals surface area contributed by atoms with Crippen LogP contribution in [0, 0.1) is 0 Å². The molecule has 0 aliphatic rings. The highest BCUT2D eigenvalue weighted by molar-refractivity contribution is 6.30. The molecule has 4 aromatic rings. The number of carbonyl (C=O) groups is 2. The number of fused-ring (bicyclic) bond motifs is 1. The summed E-state index contributed by atoms with van der Waals surface area (Å²) in [4.78, 5) is 28.4. The Balaban J connectivity index is 1.82. The molecule has 0 unspecified atom stereocenters. The second-order valence-corrected chi connectivity index (χ2v) is 7.03. The first-order valence-corrected chi connectivity index (χ1v) is 9.47. The zero-order valence-corrected chi connectivity index (χ0v) is 16.6. The minimum Gasteiger partial charge on any atom is -0.872 e. The summed E-state index contributed by atoms with van der Waals surface area (Å²) in [6, 6.07) is 18.2. The number of nitrogens with one attached hydrogen (secondary N) is 1. The largest absolute Gasteiger partial charge is 0.872 e. The fourth-order valence-electron chi connectivity index (χ4n) is 2.87. The summed E-state index contributed by atoms with van der Waals surface area (Å²) in [5.41, 5.74) is 1.41. The number of carbonyl (C=O) groups excluding carboxylic acids is 1. The zero-order valence-electron chi connectivity index (χ0n) is 15.8. The van der Waals surface area contributed by atoms with Gasteiger partial charge in [0.05, 0.1) is 11.3 Å². The number of hydrogen-bond donors (Lipinski definition) is 2. The molecule has 0 saturated carbocycles. The Morgan fingerprint density at radius 1 is 0.968 bits per heavy atom. The molecule has 1 amide bonds. The summed E-state index contributed by atoms with van der Waals surface area (Å²) in [6.45, 7) is 0. The van der Waals surface area contributed by atoms with E-state index in [4.69, 9.17) is 21.1 Å². The van der Waals surface area contributed by atoms with E-state index in [9.17, 15) is 14.7 Å². The first-order valence-electron chi connectivity index (χ1n) is 9.09. The predicted octanol–water partition coefficient (Wildman–Crippen LogP) is 4.34. The van der Waals surface area contributed by atoms with Crippen molar-refractivity contribution in [2.45, 2.75) is 0 Å². The van der Waals surface area contributed by atoms with Crippen molar-refractivity contribution in [3.05, 3.63) is 94.5 Å². The lowest BCUT2D eigenvalue weighted by Gasteiger charge is -2.09. The van der Waals surface area contributed by atoms with E-state index in [1.54, 1.807) is 36.4 Å². The van der Waals surface area contributed by atoms with E-state index in [2.05, 4.69) is 10.3 Å². The van der Waals surface area contributed by atoms with Gasteiger partial charge in [-0.15, -0.1) is 5.75 Å². The molecule has 154 valence electrons. The second kappa shape index (κ2) is 8.33. The van der Waals surface area contributed by atoms with Gasteiger partial charge in [-0.2, -0.15) is 0 Å². The molecule has 1 aromatic heterocycles. The monoisotopic (exact) mass is 433 g/mol. The van der Waals surface area contributed by atoms with Crippen LogP contribution in [0.1, 0.15) is 20.7 Å². The van der Waals surface area contributed by atoms with E-state index in [-0.39, 0.29) is 28.0 Å². The van der Waals surface area contributed by atoms with Crippen molar-refractivity contribution >= 4 is 45.8 Å². The van der Waals surface area contributed by atoms with Gasteiger partial charge >= 0.3 is 5.97 Å². The number of benzene rings is 3. The highest BCUT2D eigenvalue weighted by atomic mass is 35.5. The van der Waals surface area contributed by atoms with Gasteiger partial charge in [-0.1, -0.05) is 23.7 Å². The number of aromatic carboxylic acids is 1. The molecule has 0 saturated heterocycles. The number of halogens is 1. The van der Waals surface area contributed by atoms with E-state index in [1.165, 1.54) is 36.4 Å². The average molecular weight is 434 g/mol. The number of hydrogen-bond acceptors (Lipinski definition) is 5. The summed E-state index contributed by atoms with van der Waals surface area (Å²) in [5.74, 6) is -1.78. The number of nitrogens with zero attached hydrogens (tertiary/aromatic N) is 1. The Morgan fingerprint density at radius 2 is 1.68 bits per heavy atom. The van der Waals surface area contributed by atoms with Gasteiger partial charge in [-0.25, -0.2) is 9.79 Å². The van der Waals surface area contributed by atoms with E-state index in [0.29, 0.717) is 21.8 Å². The third-order valence-corrected chi connectivity index (χ3v) is 4.67. The van der Waals surface area contributed by atoms with E-state index < -0.39 is 11.9 Å². The lowest BCUT2D eigenvalue weighted by atomic mass is 10.1. The van der Waals surface area contributed by atoms with Crippen LogP contribution in [0.2, 0.25) is 5.02 Å². The fourth-order valence-corrected chi connectivity index (χ4v) is 3.00. The Hall–Kier alpha value is -4.10. The van der Waals surface area contributed by atoms with Crippen molar-refractivity contribution in [3.8, 4) is 5.75 Å². The van der Waals surface area contributed by atoms with E-state index >= 15 is 0 Å². The fraction of sp³-hybridized carbons (Fsp3) is 0. The molecule has 0 bridgehead atoms. The number of amides is 1. The number of anilines is 1. The molecule has 3 aromatic carbocycles. The molecule has 0 aliphatic heterocycles. The molecule has 4 rings (SSSR count). The van der Waals surface area contributed by atoms with Gasteiger partial charge in [-0.05, 0) is 60.7 Å². The molecule has 0 fully saturated rings. The van der Waals surface area contributed by atoms with Gasteiger partial charge < -0.3 is 19.9 Å². The van der Waals surface area contributed by atoms with Crippen LogP contribution in [0.15, 0.2) is 82.2 Å². The summed E-state index contributed by atoms with van der Waals surface area (Å²) >= 11 is 5.88. The van der Waals surface area contributed by atoms with Crippen LogP contribution in [-0.2, 0) is 0 Å². The quantitative estimate of drug-likeness (QED) is 0.496. The molecule has 1 heterocycles. The SMILES string of the molecule is O=C(O)c1ccc(N=c2oc3cc([O-])ccc3cc2C(=O)Nc2ccc(Cl)cc2)cc1. The van der Waals surface area contributed by atoms with Crippen LogP contribution in [0.3, 0.4) is 0 Å². The minimum atomic E-state index is -1.06. The van der Waals surface area contributed by atoms with Crippen molar-refractivity contribution < 1.29 is 24.2 Å². The highest BCUT2D eigenvalue weighted by Crippen LogP contribution is 2.20. The van der Waals surface area contributed by atoms with E-state index in [1.807, 2.05) is 0 Å². The smallest absolute Gasteiger partial charge is 0.335 e. The van der Waals surface area contributed by atoms with Crippen molar-refractivity contribution in [1.82, 2.24) is 0 Å². The molecule has 0 atom stereocenters. The van der Waals surface area contributed by atoms with Crippen molar-refractivity contribution in [2.24, 2.45) is 4.99 Å². The molecule has 31 heavy (non-hydrogen) atoms. The highest BCUT2D eigenvalue weighted by Gasteiger charge is 2.13. The lowest BCUT2D eigenvalue weighted by molar-refractivity contribution is -0.268. The van der Waals surface area contributed by atoms with Crippen LogP contribution < -0.4 is 16.0 Å². The van der Waals surface area contributed by atoms with Crippen LogP contribution >= 0.6 is 11.6 Å². The van der Waals surface area contributed by atoms with Crippen LogP contribution in [0.25, 0.3) is 11.0 Å². The Morgan fingerprint density at radius 3 is 2.35 bits per heavy atom. The summed E-state index contributed by atoms with van der Waals surface area (Å²) in [6.07, 6.45) is 0. The van der Waals surface area contributed by atoms with Crippen molar-refractivity contribution in [2.75, 3.05) is 5.32 Å². The van der Waals surface area contributed by atoms with Crippen molar-refractivity contribution in [3.63, 3.8) is 0 Å².